The SMILES string of the molecule is CC1COCCN1S(=O)(=O)N1CCCC(CCl)C1. The van der Waals surface area contributed by atoms with Crippen molar-refractivity contribution in [2.45, 2.75) is 25.8 Å². The van der Waals surface area contributed by atoms with Gasteiger partial charge in [0.25, 0.3) is 10.2 Å². The van der Waals surface area contributed by atoms with E-state index in [1.807, 2.05) is 6.92 Å². The highest BCUT2D eigenvalue weighted by Crippen LogP contribution is 2.23. The van der Waals surface area contributed by atoms with Crippen molar-refractivity contribution in [2.24, 2.45) is 5.92 Å². The third kappa shape index (κ3) is 2.99. The molecule has 0 radical (unpaired) electrons. The number of piperidine rings is 1. The predicted molar refractivity (Wildman–Crippen MR) is 70.9 cm³/mol. The molecular formula is C11H21ClN2O3S. The van der Waals surface area contributed by atoms with Crippen LogP contribution in [0.15, 0.2) is 0 Å². The largest absolute Gasteiger partial charge is 0.378 e. The number of morpholine rings is 1. The molecule has 0 saturated carbocycles. The summed E-state index contributed by atoms with van der Waals surface area (Å²) in [6.07, 6.45) is 1.92. The minimum atomic E-state index is -3.35. The van der Waals surface area contributed by atoms with Gasteiger partial charge in [-0.3, -0.25) is 0 Å². The van der Waals surface area contributed by atoms with Gasteiger partial charge in [-0.2, -0.15) is 17.0 Å². The summed E-state index contributed by atoms with van der Waals surface area (Å²) in [6.45, 7) is 4.46. The first kappa shape index (κ1) is 14.5. The zero-order chi connectivity index (χ0) is 13.2. The Morgan fingerprint density at radius 2 is 2.17 bits per heavy atom. The fourth-order valence-electron chi connectivity index (χ4n) is 2.57. The van der Waals surface area contributed by atoms with Crippen LogP contribution in [0.5, 0.6) is 0 Å². The Labute approximate surface area is 114 Å². The lowest BCUT2D eigenvalue weighted by atomic mass is 10.0. The van der Waals surface area contributed by atoms with E-state index in [9.17, 15) is 8.42 Å². The molecule has 2 aliphatic heterocycles. The Morgan fingerprint density at radius 1 is 1.39 bits per heavy atom. The molecule has 0 aromatic heterocycles. The van der Waals surface area contributed by atoms with Crippen molar-refractivity contribution in [2.75, 3.05) is 38.7 Å². The van der Waals surface area contributed by atoms with Gasteiger partial charge in [0, 0.05) is 31.6 Å². The molecule has 106 valence electrons. The minimum absolute atomic E-state index is 0.0832. The fraction of sp³-hybridized carbons (Fsp3) is 1.00. The normalized spacial score (nSPS) is 32.6. The highest BCUT2D eigenvalue weighted by molar-refractivity contribution is 7.86. The molecule has 0 bridgehead atoms. The van der Waals surface area contributed by atoms with Crippen LogP contribution in [0, 0.1) is 5.92 Å². The van der Waals surface area contributed by atoms with Gasteiger partial charge in [-0.05, 0) is 25.7 Å². The molecule has 2 aliphatic rings. The van der Waals surface area contributed by atoms with Gasteiger partial charge >= 0.3 is 0 Å². The van der Waals surface area contributed by atoms with Crippen LogP contribution >= 0.6 is 11.6 Å². The van der Waals surface area contributed by atoms with Gasteiger partial charge in [0.15, 0.2) is 0 Å². The summed E-state index contributed by atoms with van der Waals surface area (Å²) in [5, 5.41) is 0. The van der Waals surface area contributed by atoms with E-state index in [0.717, 1.165) is 12.8 Å². The zero-order valence-electron chi connectivity index (χ0n) is 10.7. The predicted octanol–water partition coefficient (Wildman–Crippen LogP) is 0.903. The van der Waals surface area contributed by atoms with Crippen LogP contribution in [-0.4, -0.2) is 61.8 Å². The second-order valence-electron chi connectivity index (χ2n) is 5.06. The Hall–Kier alpha value is 0.120. The lowest BCUT2D eigenvalue weighted by Crippen LogP contribution is -2.54. The highest BCUT2D eigenvalue weighted by Gasteiger charge is 2.37. The van der Waals surface area contributed by atoms with E-state index in [1.54, 1.807) is 8.61 Å². The summed E-state index contributed by atoms with van der Waals surface area (Å²) in [6, 6.07) is -0.0832. The average Bonchev–Trinajstić information content (AvgIpc) is 2.39. The van der Waals surface area contributed by atoms with Crippen molar-refractivity contribution >= 4 is 21.8 Å². The van der Waals surface area contributed by atoms with Crippen LogP contribution in [-0.2, 0) is 14.9 Å². The Morgan fingerprint density at radius 3 is 2.83 bits per heavy atom. The Balaban J connectivity index is 2.09. The van der Waals surface area contributed by atoms with Gasteiger partial charge in [0.05, 0.1) is 13.2 Å². The molecule has 0 spiro atoms. The topological polar surface area (TPSA) is 49.9 Å². The first-order valence-electron chi connectivity index (χ1n) is 6.46. The summed E-state index contributed by atoms with van der Waals surface area (Å²) >= 11 is 5.86. The monoisotopic (exact) mass is 296 g/mol. The Bertz CT molecular complexity index is 376. The van der Waals surface area contributed by atoms with E-state index in [-0.39, 0.29) is 12.0 Å². The Kier molecular flexibility index (Phi) is 4.88. The third-order valence-corrected chi connectivity index (χ3v) is 6.19. The van der Waals surface area contributed by atoms with Crippen molar-refractivity contribution in [1.82, 2.24) is 8.61 Å². The van der Waals surface area contributed by atoms with Gasteiger partial charge in [-0.1, -0.05) is 0 Å². The van der Waals surface area contributed by atoms with Crippen LogP contribution in [0.25, 0.3) is 0 Å². The quantitative estimate of drug-likeness (QED) is 0.727. The maximum absolute atomic E-state index is 12.6. The fourth-order valence-corrected chi connectivity index (χ4v) is 4.69. The molecule has 2 heterocycles. The number of hydrogen-bond acceptors (Lipinski definition) is 3. The third-order valence-electron chi connectivity index (χ3n) is 3.63. The molecule has 2 rings (SSSR count). The lowest BCUT2D eigenvalue weighted by Gasteiger charge is -2.39. The minimum Gasteiger partial charge on any atom is -0.378 e. The zero-order valence-corrected chi connectivity index (χ0v) is 12.3. The number of nitrogens with zero attached hydrogens (tertiary/aromatic N) is 2. The maximum Gasteiger partial charge on any atom is 0.282 e. The van der Waals surface area contributed by atoms with Crippen LogP contribution < -0.4 is 0 Å². The van der Waals surface area contributed by atoms with Gasteiger partial charge in [-0.25, -0.2) is 0 Å². The lowest BCUT2D eigenvalue weighted by molar-refractivity contribution is 0.0356. The summed E-state index contributed by atoms with van der Waals surface area (Å²) < 4.78 is 33.6. The van der Waals surface area contributed by atoms with Crippen LogP contribution in [0.3, 0.4) is 0 Å². The van der Waals surface area contributed by atoms with Crippen molar-refractivity contribution in [3.63, 3.8) is 0 Å². The molecule has 2 saturated heterocycles. The molecule has 5 nitrogen and oxygen atoms in total. The number of alkyl halides is 1. The summed E-state index contributed by atoms with van der Waals surface area (Å²) in [5.74, 6) is 0.816. The van der Waals surface area contributed by atoms with Crippen LogP contribution in [0.4, 0.5) is 0 Å². The molecule has 2 atom stereocenters. The molecule has 0 aromatic carbocycles. The maximum atomic E-state index is 12.6. The molecule has 0 aliphatic carbocycles. The number of ether oxygens (including phenoxy) is 1. The van der Waals surface area contributed by atoms with Crippen LogP contribution in [0.2, 0.25) is 0 Å². The highest BCUT2D eigenvalue weighted by atomic mass is 35.5. The number of hydrogen-bond donors (Lipinski definition) is 0. The van der Waals surface area contributed by atoms with Crippen molar-refractivity contribution in [3.05, 3.63) is 0 Å². The van der Waals surface area contributed by atoms with Crippen molar-refractivity contribution in [1.29, 1.82) is 0 Å². The molecule has 2 unspecified atom stereocenters. The van der Waals surface area contributed by atoms with Crippen molar-refractivity contribution < 1.29 is 13.2 Å². The van der Waals surface area contributed by atoms with Gasteiger partial charge in [0.2, 0.25) is 0 Å². The first-order chi connectivity index (χ1) is 8.55. The van der Waals surface area contributed by atoms with E-state index in [4.69, 9.17) is 16.3 Å². The molecule has 2 fully saturated rings. The molecule has 0 aromatic rings. The smallest absolute Gasteiger partial charge is 0.282 e. The standard InChI is InChI=1S/C11H21ClN2O3S/c1-10-9-17-6-5-14(10)18(15,16)13-4-2-3-11(7-12)8-13/h10-11H,2-9H2,1H3. The van der Waals surface area contributed by atoms with Gasteiger partial charge in [0.1, 0.15) is 0 Å². The number of rotatable bonds is 3. The van der Waals surface area contributed by atoms with Gasteiger partial charge in [-0.15, -0.1) is 11.6 Å². The second kappa shape index (κ2) is 6.05. The van der Waals surface area contributed by atoms with E-state index in [1.165, 1.54) is 0 Å². The molecule has 7 heteroatoms. The van der Waals surface area contributed by atoms with E-state index in [2.05, 4.69) is 0 Å². The van der Waals surface area contributed by atoms with Gasteiger partial charge < -0.3 is 4.74 Å². The summed E-state index contributed by atoms with van der Waals surface area (Å²) in [7, 11) is -3.35. The van der Waals surface area contributed by atoms with E-state index in [0.29, 0.717) is 38.7 Å². The molecular weight excluding hydrogens is 276 g/mol. The molecule has 18 heavy (non-hydrogen) atoms. The average molecular weight is 297 g/mol. The molecule has 0 amide bonds. The summed E-state index contributed by atoms with van der Waals surface area (Å²) in [5.41, 5.74) is 0. The molecule has 0 N–H and O–H groups in total. The summed E-state index contributed by atoms with van der Waals surface area (Å²) in [4.78, 5) is 0. The van der Waals surface area contributed by atoms with E-state index < -0.39 is 10.2 Å². The second-order valence-corrected chi connectivity index (χ2v) is 7.25. The van der Waals surface area contributed by atoms with E-state index >= 15 is 0 Å². The first-order valence-corrected chi connectivity index (χ1v) is 8.39. The van der Waals surface area contributed by atoms with Crippen molar-refractivity contribution in [3.8, 4) is 0 Å². The number of halogens is 1. The van der Waals surface area contributed by atoms with Crippen LogP contribution in [0.1, 0.15) is 19.8 Å².